The van der Waals surface area contributed by atoms with Crippen molar-refractivity contribution < 1.29 is 9.90 Å². The van der Waals surface area contributed by atoms with E-state index in [-0.39, 0.29) is 17.8 Å². The van der Waals surface area contributed by atoms with E-state index < -0.39 is 0 Å². The van der Waals surface area contributed by atoms with Gasteiger partial charge in [-0.1, -0.05) is 37.8 Å². The maximum atomic E-state index is 11.2. The first kappa shape index (κ1) is 14.7. The number of benzene rings is 1. The second-order valence-corrected chi connectivity index (χ2v) is 5.06. The minimum Gasteiger partial charge on any atom is -0.393 e. The molecule has 0 amide bonds. The molecule has 1 N–H and O–H groups in total. The van der Waals surface area contributed by atoms with E-state index in [1.807, 2.05) is 31.2 Å². The number of hydrogen-bond donors (Lipinski definition) is 1. The quantitative estimate of drug-likeness (QED) is 0.836. The first-order chi connectivity index (χ1) is 8.41. The number of carbonyl (C=O) groups excluding carboxylic acids is 1. The van der Waals surface area contributed by atoms with E-state index in [0.717, 1.165) is 23.1 Å². The number of allylic oxidation sites excluding steroid dienone is 1. The van der Waals surface area contributed by atoms with Gasteiger partial charge in [0.25, 0.3) is 0 Å². The van der Waals surface area contributed by atoms with Crippen LogP contribution in [0.25, 0.3) is 5.57 Å². The molecule has 1 rings (SSSR count). The third-order valence-corrected chi connectivity index (χ3v) is 3.23. The van der Waals surface area contributed by atoms with Crippen molar-refractivity contribution in [2.45, 2.75) is 39.7 Å². The Hall–Kier alpha value is -1.41. The molecule has 1 aromatic carbocycles. The van der Waals surface area contributed by atoms with Gasteiger partial charge in [0.15, 0.2) is 0 Å². The second kappa shape index (κ2) is 6.50. The molecule has 2 heteroatoms. The van der Waals surface area contributed by atoms with Crippen molar-refractivity contribution in [3.63, 3.8) is 0 Å². The summed E-state index contributed by atoms with van der Waals surface area (Å²) in [4.78, 5) is 11.2. The van der Waals surface area contributed by atoms with Crippen molar-refractivity contribution in [2.24, 2.45) is 5.92 Å². The summed E-state index contributed by atoms with van der Waals surface area (Å²) in [5.41, 5.74) is 3.05. The van der Waals surface area contributed by atoms with Crippen LogP contribution in [0.5, 0.6) is 0 Å². The van der Waals surface area contributed by atoms with Gasteiger partial charge in [0.2, 0.25) is 0 Å². The van der Waals surface area contributed by atoms with Crippen molar-refractivity contribution in [2.75, 3.05) is 0 Å². The second-order valence-electron chi connectivity index (χ2n) is 5.06. The van der Waals surface area contributed by atoms with E-state index in [0.29, 0.717) is 6.42 Å². The summed E-state index contributed by atoms with van der Waals surface area (Å²) in [6.45, 7) is 9.40. The molecule has 0 heterocycles. The van der Waals surface area contributed by atoms with Gasteiger partial charge in [-0.3, -0.25) is 4.79 Å². The van der Waals surface area contributed by atoms with E-state index in [2.05, 4.69) is 6.58 Å². The summed E-state index contributed by atoms with van der Waals surface area (Å²) in [6.07, 6.45) is 0.851. The average Bonchev–Trinajstić information content (AvgIpc) is 2.28. The maximum Gasteiger partial charge on any atom is 0.134 e. The number of Topliss-reactive ketones (excluding diaryl/α,β-unsaturated/α-hetero) is 1. The molecule has 0 aromatic heterocycles. The molecular weight excluding hydrogens is 224 g/mol. The SMILES string of the molecule is C=C(CC(C)=O)c1ccccc1CC(C)[C@@H](C)O. The molecule has 2 atom stereocenters. The lowest BCUT2D eigenvalue weighted by atomic mass is 9.90. The lowest BCUT2D eigenvalue weighted by molar-refractivity contribution is -0.116. The minimum atomic E-state index is -0.334. The molecule has 0 bridgehead atoms. The molecule has 0 aliphatic heterocycles. The molecule has 0 radical (unpaired) electrons. The Morgan fingerprint density at radius 1 is 1.33 bits per heavy atom. The normalized spacial score (nSPS) is 14.0. The Labute approximate surface area is 109 Å². The maximum absolute atomic E-state index is 11.2. The highest BCUT2D eigenvalue weighted by molar-refractivity contribution is 5.88. The van der Waals surface area contributed by atoms with Crippen LogP contribution >= 0.6 is 0 Å². The number of hydrogen-bond acceptors (Lipinski definition) is 2. The Bertz CT molecular complexity index is 432. The molecule has 0 spiro atoms. The summed E-state index contributed by atoms with van der Waals surface area (Å²) < 4.78 is 0. The fraction of sp³-hybridized carbons (Fsp3) is 0.438. The standard InChI is InChI=1S/C16H22O2/c1-11(14(4)18)10-15-7-5-6-8-16(15)12(2)9-13(3)17/h5-8,11,14,18H,2,9-10H2,1,3-4H3/t11?,14-/m1/s1. The Morgan fingerprint density at radius 3 is 2.50 bits per heavy atom. The molecule has 2 nitrogen and oxygen atoms in total. The predicted octanol–water partition coefficient (Wildman–Crippen LogP) is 3.24. The molecule has 18 heavy (non-hydrogen) atoms. The molecule has 0 aliphatic carbocycles. The summed E-state index contributed by atoms with van der Waals surface area (Å²) in [7, 11) is 0. The van der Waals surface area contributed by atoms with Gasteiger partial charge in [0.05, 0.1) is 6.10 Å². The molecule has 0 aliphatic rings. The Balaban J connectivity index is 2.92. The van der Waals surface area contributed by atoms with Gasteiger partial charge in [-0.05, 0) is 42.9 Å². The van der Waals surface area contributed by atoms with Crippen molar-refractivity contribution in [1.82, 2.24) is 0 Å². The monoisotopic (exact) mass is 246 g/mol. The van der Waals surface area contributed by atoms with Gasteiger partial charge in [-0.25, -0.2) is 0 Å². The number of aliphatic hydroxyl groups excluding tert-OH is 1. The lowest BCUT2D eigenvalue weighted by Crippen LogP contribution is -2.16. The largest absolute Gasteiger partial charge is 0.393 e. The number of rotatable bonds is 6. The van der Waals surface area contributed by atoms with E-state index in [1.165, 1.54) is 0 Å². The average molecular weight is 246 g/mol. The smallest absolute Gasteiger partial charge is 0.134 e. The van der Waals surface area contributed by atoms with Crippen LogP contribution in [-0.2, 0) is 11.2 Å². The van der Waals surface area contributed by atoms with Crippen LogP contribution in [0.15, 0.2) is 30.8 Å². The lowest BCUT2D eigenvalue weighted by Gasteiger charge is -2.17. The Kier molecular flexibility index (Phi) is 5.29. The van der Waals surface area contributed by atoms with E-state index in [9.17, 15) is 9.90 Å². The summed E-state index contributed by atoms with van der Waals surface area (Å²) in [6, 6.07) is 7.97. The molecule has 0 fully saturated rings. The van der Waals surface area contributed by atoms with Gasteiger partial charge in [0, 0.05) is 6.42 Å². The molecular formula is C16H22O2. The molecule has 0 saturated heterocycles. The van der Waals surface area contributed by atoms with Crippen LogP contribution in [0.3, 0.4) is 0 Å². The first-order valence-electron chi connectivity index (χ1n) is 6.35. The van der Waals surface area contributed by atoms with Gasteiger partial charge in [-0.2, -0.15) is 0 Å². The third-order valence-electron chi connectivity index (χ3n) is 3.23. The molecule has 98 valence electrons. The van der Waals surface area contributed by atoms with Gasteiger partial charge >= 0.3 is 0 Å². The van der Waals surface area contributed by atoms with Crippen LogP contribution in [-0.4, -0.2) is 17.0 Å². The van der Waals surface area contributed by atoms with Crippen molar-refractivity contribution in [3.05, 3.63) is 42.0 Å². The van der Waals surface area contributed by atoms with Crippen LogP contribution in [0.1, 0.15) is 38.3 Å². The third kappa shape index (κ3) is 4.11. The van der Waals surface area contributed by atoms with Gasteiger partial charge < -0.3 is 5.11 Å². The molecule has 1 aromatic rings. The fourth-order valence-corrected chi connectivity index (χ4v) is 1.96. The summed E-state index contributed by atoms with van der Waals surface area (Å²) in [5.74, 6) is 0.314. The first-order valence-corrected chi connectivity index (χ1v) is 6.35. The Morgan fingerprint density at radius 2 is 1.94 bits per heavy atom. The zero-order chi connectivity index (χ0) is 13.7. The van der Waals surface area contributed by atoms with Crippen LogP contribution in [0.2, 0.25) is 0 Å². The topological polar surface area (TPSA) is 37.3 Å². The number of carbonyl (C=O) groups is 1. The van der Waals surface area contributed by atoms with Gasteiger partial charge in [0.1, 0.15) is 5.78 Å². The highest BCUT2D eigenvalue weighted by Crippen LogP contribution is 2.24. The molecule has 1 unspecified atom stereocenters. The van der Waals surface area contributed by atoms with Crippen LogP contribution in [0, 0.1) is 5.92 Å². The molecule has 0 saturated carbocycles. The predicted molar refractivity (Wildman–Crippen MR) is 75.3 cm³/mol. The van der Waals surface area contributed by atoms with E-state index in [4.69, 9.17) is 0 Å². The zero-order valence-corrected chi connectivity index (χ0v) is 11.4. The van der Waals surface area contributed by atoms with Gasteiger partial charge in [-0.15, -0.1) is 0 Å². The fourth-order valence-electron chi connectivity index (χ4n) is 1.96. The minimum absolute atomic E-state index is 0.123. The van der Waals surface area contributed by atoms with Crippen molar-refractivity contribution in [1.29, 1.82) is 0 Å². The highest BCUT2D eigenvalue weighted by Gasteiger charge is 2.13. The van der Waals surface area contributed by atoms with Crippen LogP contribution in [0.4, 0.5) is 0 Å². The number of ketones is 1. The van der Waals surface area contributed by atoms with E-state index in [1.54, 1.807) is 13.8 Å². The number of aliphatic hydroxyl groups is 1. The van der Waals surface area contributed by atoms with Crippen LogP contribution < -0.4 is 0 Å². The van der Waals surface area contributed by atoms with Crippen molar-refractivity contribution in [3.8, 4) is 0 Å². The van der Waals surface area contributed by atoms with E-state index >= 15 is 0 Å². The summed E-state index contributed by atoms with van der Waals surface area (Å²) >= 11 is 0. The summed E-state index contributed by atoms with van der Waals surface area (Å²) in [5, 5.41) is 9.58. The highest BCUT2D eigenvalue weighted by atomic mass is 16.3. The van der Waals surface area contributed by atoms with Crippen molar-refractivity contribution >= 4 is 11.4 Å². The zero-order valence-electron chi connectivity index (χ0n) is 11.4.